The lowest BCUT2D eigenvalue weighted by Gasteiger charge is -2.30. The molecule has 0 spiro atoms. The number of hydrogen-bond acceptors (Lipinski definition) is 5. The van der Waals surface area contributed by atoms with E-state index in [1.54, 1.807) is 30.4 Å². The Morgan fingerprint density at radius 2 is 2.12 bits per heavy atom. The van der Waals surface area contributed by atoms with Crippen molar-refractivity contribution in [1.29, 1.82) is 0 Å². The molecule has 1 aromatic carbocycles. The largest absolute Gasteiger partial charge is 0.349 e. The molecule has 0 bridgehead atoms. The Morgan fingerprint density at radius 1 is 1.33 bits per heavy atom. The summed E-state index contributed by atoms with van der Waals surface area (Å²) >= 11 is 1.63. The number of carbonyl (C=O) groups is 2. The normalized spacial score (nSPS) is 17.2. The summed E-state index contributed by atoms with van der Waals surface area (Å²) in [6, 6.07) is 10.6. The molecule has 1 atom stereocenters. The number of nitrogens with zero attached hydrogens (tertiary/aromatic N) is 2. The predicted octanol–water partition coefficient (Wildman–Crippen LogP) is 1.75. The van der Waals surface area contributed by atoms with Gasteiger partial charge in [-0.25, -0.2) is 10.0 Å². The van der Waals surface area contributed by atoms with Crippen molar-refractivity contribution in [2.24, 2.45) is 4.99 Å². The maximum atomic E-state index is 12.3. The van der Waals surface area contributed by atoms with E-state index < -0.39 is 6.04 Å². The minimum Gasteiger partial charge on any atom is -0.349 e. The van der Waals surface area contributed by atoms with Gasteiger partial charge in [0.2, 0.25) is 5.84 Å². The van der Waals surface area contributed by atoms with Crippen LogP contribution in [0.1, 0.15) is 12.5 Å². The van der Waals surface area contributed by atoms with Crippen molar-refractivity contribution in [3.05, 3.63) is 52.7 Å². The van der Waals surface area contributed by atoms with Gasteiger partial charge in [0.1, 0.15) is 6.04 Å². The zero-order valence-electron chi connectivity index (χ0n) is 13.2. The number of hydrazine groups is 1. The highest BCUT2D eigenvalue weighted by Crippen LogP contribution is 2.15. The lowest BCUT2D eigenvalue weighted by molar-refractivity contribution is -0.120. The number of rotatable bonds is 5. The molecule has 0 saturated carbocycles. The number of anilines is 1. The molecule has 2 amide bonds. The molecule has 1 aliphatic rings. The number of carbonyl (C=O) groups excluding carboxylic acids is 2. The Balaban J connectivity index is 1.65. The average Bonchev–Trinajstić information content (AvgIpc) is 3.11. The van der Waals surface area contributed by atoms with Crippen LogP contribution in [-0.2, 0) is 16.0 Å². The van der Waals surface area contributed by atoms with Crippen molar-refractivity contribution in [2.75, 3.05) is 11.6 Å². The van der Waals surface area contributed by atoms with Crippen LogP contribution in [0.15, 0.2) is 52.2 Å². The number of nitrogens with one attached hydrogen (secondary N) is 2. The average molecular weight is 342 g/mol. The van der Waals surface area contributed by atoms with E-state index in [2.05, 4.69) is 21.1 Å². The van der Waals surface area contributed by atoms with Crippen molar-refractivity contribution >= 4 is 34.7 Å². The van der Waals surface area contributed by atoms with E-state index in [1.807, 2.05) is 29.6 Å². The predicted molar refractivity (Wildman–Crippen MR) is 95.0 cm³/mol. The zero-order chi connectivity index (χ0) is 16.9. The standard InChI is InChI=1S/C17H18N4O2S/c1-12-17(23)21(14-5-3-2-4-6-14)20-15(19-12)16(22)18-9-7-13-8-10-24-11-13/h2-6,8,10-12H,7,9H2,1H3,(H,18,22)(H,19,20). The summed E-state index contributed by atoms with van der Waals surface area (Å²) < 4.78 is 0. The summed E-state index contributed by atoms with van der Waals surface area (Å²) in [6.45, 7) is 2.20. The number of benzene rings is 1. The number of amides is 2. The fraction of sp³-hybridized carbons (Fsp3) is 0.235. The van der Waals surface area contributed by atoms with Gasteiger partial charge in [-0.05, 0) is 47.9 Å². The van der Waals surface area contributed by atoms with E-state index in [4.69, 9.17) is 0 Å². The van der Waals surface area contributed by atoms with Gasteiger partial charge in [-0.2, -0.15) is 11.3 Å². The Bertz CT molecular complexity index is 743. The first-order valence-corrected chi connectivity index (χ1v) is 8.62. The van der Waals surface area contributed by atoms with Crippen LogP contribution in [0.25, 0.3) is 0 Å². The summed E-state index contributed by atoms with van der Waals surface area (Å²) in [7, 11) is 0. The van der Waals surface area contributed by atoms with Gasteiger partial charge in [0, 0.05) is 6.54 Å². The summed E-state index contributed by atoms with van der Waals surface area (Å²) in [5.74, 6) is -0.363. The molecule has 1 aromatic heterocycles. The number of thiophene rings is 1. The lowest BCUT2D eigenvalue weighted by Crippen LogP contribution is -2.58. The number of para-hydroxylation sites is 1. The first-order chi connectivity index (χ1) is 11.6. The Morgan fingerprint density at radius 3 is 2.83 bits per heavy atom. The van der Waals surface area contributed by atoms with E-state index in [1.165, 1.54) is 10.6 Å². The van der Waals surface area contributed by atoms with Crippen molar-refractivity contribution in [3.8, 4) is 0 Å². The number of amidine groups is 1. The molecule has 2 aromatic rings. The Hall–Kier alpha value is -2.67. The van der Waals surface area contributed by atoms with Crippen LogP contribution in [-0.4, -0.2) is 30.2 Å². The van der Waals surface area contributed by atoms with Crippen molar-refractivity contribution in [2.45, 2.75) is 19.4 Å². The lowest BCUT2D eigenvalue weighted by atomic mass is 10.2. The molecule has 6 nitrogen and oxygen atoms in total. The summed E-state index contributed by atoms with van der Waals surface area (Å²) in [5, 5.41) is 8.26. The Kier molecular flexibility index (Phi) is 4.90. The molecular formula is C17H18N4O2S. The van der Waals surface area contributed by atoms with Crippen molar-refractivity contribution < 1.29 is 9.59 Å². The number of hydrogen-bond donors (Lipinski definition) is 2. The third-order valence-corrected chi connectivity index (χ3v) is 4.36. The van der Waals surface area contributed by atoms with Crippen molar-refractivity contribution in [3.63, 3.8) is 0 Å². The molecule has 0 saturated heterocycles. The topological polar surface area (TPSA) is 73.8 Å². The van der Waals surface area contributed by atoms with Crippen LogP contribution in [0, 0.1) is 0 Å². The van der Waals surface area contributed by atoms with Crippen molar-refractivity contribution in [1.82, 2.24) is 10.7 Å². The molecule has 3 rings (SSSR count). The molecule has 1 unspecified atom stereocenters. The molecule has 1 aliphatic heterocycles. The van der Waals surface area contributed by atoms with Crippen LogP contribution in [0.2, 0.25) is 0 Å². The van der Waals surface area contributed by atoms with Gasteiger partial charge >= 0.3 is 0 Å². The van der Waals surface area contributed by atoms with E-state index in [-0.39, 0.29) is 17.6 Å². The molecule has 124 valence electrons. The monoisotopic (exact) mass is 342 g/mol. The fourth-order valence-electron chi connectivity index (χ4n) is 2.34. The van der Waals surface area contributed by atoms with Gasteiger partial charge in [-0.15, -0.1) is 0 Å². The first-order valence-electron chi connectivity index (χ1n) is 7.68. The van der Waals surface area contributed by atoms with Crippen LogP contribution < -0.4 is 15.8 Å². The van der Waals surface area contributed by atoms with Crippen LogP contribution in [0.4, 0.5) is 5.69 Å². The van der Waals surface area contributed by atoms with Crippen LogP contribution in [0.5, 0.6) is 0 Å². The van der Waals surface area contributed by atoms with Gasteiger partial charge in [0.15, 0.2) is 0 Å². The maximum Gasteiger partial charge on any atom is 0.288 e. The third-order valence-electron chi connectivity index (χ3n) is 3.63. The third kappa shape index (κ3) is 3.62. The SMILES string of the molecule is CC1N=C(C(=O)NCCc2ccsc2)NN(c2ccccc2)C1=O. The quantitative estimate of drug-likeness (QED) is 0.869. The van der Waals surface area contributed by atoms with Gasteiger partial charge in [-0.1, -0.05) is 18.2 Å². The smallest absolute Gasteiger partial charge is 0.288 e. The summed E-state index contributed by atoms with van der Waals surface area (Å²) in [5.41, 5.74) is 4.68. The minimum atomic E-state index is -0.607. The molecule has 24 heavy (non-hydrogen) atoms. The highest BCUT2D eigenvalue weighted by molar-refractivity contribution is 7.07. The fourth-order valence-corrected chi connectivity index (χ4v) is 3.05. The summed E-state index contributed by atoms with van der Waals surface area (Å²) in [6.07, 6.45) is 0.763. The second-order valence-electron chi connectivity index (χ2n) is 5.41. The molecule has 0 fully saturated rings. The van der Waals surface area contributed by atoms with E-state index in [0.717, 1.165) is 6.42 Å². The molecular weight excluding hydrogens is 324 g/mol. The molecule has 0 aliphatic carbocycles. The van der Waals surface area contributed by atoms with Crippen LogP contribution >= 0.6 is 11.3 Å². The Labute approximate surface area is 144 Å². The first kappa shape index (κ1) is 16.2. The molecule has 2 heterocycles. The van der Waals surface area contributed by atoms with Gasteiger partial charge in [0.25, 0.3) is 11.8 Å². The van der Waals surface area contributed by atoms with Gasteiger partial charge in [-0.3, -0.25) is 15.0 Å². The minimum absolute atomic E-state index is 0.149. The van der Waals surface area contributed by atoms with Crippen LogP contribution in [0.3, 0.4) is 0 Å². The van der Waals surface area contributed by atoms with Gasteiger partial charge < -0.3 is 5.32 Å². The molecule has 2 N–H and O–H groups in total. The summed E-state index contributed by atoms with van der Waals surface area (Å²) in [4.78, 5) is 28.8. The second-order valence-corrected chi connectivity index (χ2v) is 6.19. The molecule has 7 heteroatoms. The highest BCUT2D eigenvalue weighted by Gasteiger charge is 2.30. The van der Waals surface area contributed by atoms with E-state index >= 15 is 0 Å². The second kappa shape index (κ2) is 7.27. The van der Waals surface area contributed by atoms with E-state index in [9.17, 15) is 9.59 Å². The number of aliphatic imine (C=N–C) groups is 1. The van der Waals surface area contributed by atoms with E-state index in [0.29, 0.717) is 12.2 Å². The highest BCUT2D eigenvalue weighted by atomic mass is 32.1. The van der Waals surface area contributed by atoms with Gasteiger partial charge in [0.05, 0.1) is 5.69 Å². The molecule has 0 radical (unpaired) electrons. The maximum absolute atomic E-state index is 12.3. The zero-order valence-corrected chi connectivity index (χ0v) is 14.0.